The molecule has 0 aliphatic carbocycles. The van der Waals surface area contributed by atoms with E-state index in [1.165, 1.54) is 25.3 Å². The molecule has 152 valence electrons. The molecule has 2 atom stereocenters. The van der Waals surface area contributed by atoms with Crippen LogP contribution in [0.1, 0.15) is 32.4 Å². The third-order valence-electron chi connectivity index (χ3n) is 4.99. The van der Waals surface area contributed by atoms with Crippen molar-refractivity contribution in [3.8, 4) is 11.5 Å². The Morgan fingerprint density at radius 1 is 0.967 bits per heavy atom. The van der Waals surface area contributed by atoms with Gasteiger partial charge in [-0.05, 0) is 42.5 Å². The number of ketones is 1. The molecular formula is C24H19FO5. The molecule has 30 heavy (non-hydrogen) atoms. The van der Waals surface area contributed by atoms with Crippen molar-refractivity contribution in [3.05, 3.63) is 95.3 Å². The standard InChI is InChI=1S/C24H19FO5/c1-28-24(27)15-9-11-18(12-10-15)30-23-19-7-2-3-8-21(19)29-14-20(23)22(26)16-5-4-6-17(25)13-16/h2-13,20,23H,14H2,1H3. The molecule has 0 N–H and O–H groups in total. The van der Waals surface area contributed by atoms with E-state index in [0.29, 0.717) is 17.1 Å². The van der Waals surface area contributed by atoms with Gasteiger partial charge in [-0.2, -0.15) is 0 Å². The molecule has 1 aliphatic heterocycles. The number of ether oxygens (including phenoxy) is 3. The zero-order valence-corrected chi connectivity index (χ0v) is 16.2. The maximum atomic E-state index is 13.7. The molecule has 0 aromatic heterocycles. The van der Waals surface area contributed by atoms with Crippen molar-refractivity contribution in [2.24, 2.45) is 5.92 Å². The second kappa shape index (κ2) is 8.37. The summed E-state index contributed by atoms with van der Waals surface area (Å²) in [7, 11) is 1.31. The molecule has 3 aromatic rings. The number of benzene rings is 3. The van der Waals surface area contributed by atoms with Crippen LogP contribution in [0.3, 0.4) is 0 Å². The van der Waals surface area contributed by atoms with Crippen LogP contribution in [0.5, 0.6) is 11.5 Å². The normalized spacial score (nSPS) is 17.4. The molecule has 0 spiro atoms. The van der Waals surface area contributed by atoms with E-state index in [-0.39, 0.29) is 18.0 Å². The zero-order chi connectivity index (χ0) is 21.1. The van der Waals surface area contributed by atoms with Crippen LogP contribution in [-0.4, -0.2) is 25.5 Å². The quantitative estimate of drug-likeness (QED) is 0.457. The van der Waals surface area contributed by atoms with Crippen LogP contribution in [0.15, 0.2) is 72.8 Å². The van der Waals surface area contributed by atoms with Gasteiger partial charge in [-0.15, -0.1) is 0 Å². The van der Waals surface area contributed by atoms with Gasteiger partial charge in [0.25, 0.3) is 0 Å². The Morgan fingerprint density at radius 3 is 2.47 bits per heavy atom. The fourth-order valence-corrected chi connectivity index (χ4v) is 3.48. The number of carbonyl (C=O) groups is 2. The lowest BCUT2D eigenvalue weighted by molar-refractivity contribution is 0.0517. The van der Waals surface area contributed by atoms with Gasteiger partial charge in [0.1, 0.15) is 30.0 Å². The minimum Gasteiger partial charge on any atom is -0.492 e. The Bertz CT molecular complexity index is 1080. The number of hydrogen-bond acceptors (Lipinski definition) is 5. The van der Waals surface area contributed by atoms with Gasteiger partial charge < -0.3 is 14.2 Å². The van der Waals surface area contributed by atoms with E-state index >= 15 is 0 Å². The highest BCUT2D eigenvalue weighted by Gasteiger charge is 2.38. The van der Waals surface area contributed by atoms with Crippen LogP contribution >= 0.6 is 0 Å². The maximum Gasteiger partial charge on any atom is 0.337 e. The number of halogens is 1. The first kappa shape index (κ1) is 19.6. The largest absolute Gasteiger partial charge is 0.492 e. The summed E-state index contributed by atoms with van der Waals surface area (Å²) in [6.45, 7) is 0.108. The third-order valence-corrected chi connectivity index (χ3v) is 4.99. The maximum absolute atomic E-state index is 13.7. The number of rotatable bonds is 5. The fraction of sp³-hybridized carbons (Fsp3) is 0.167. The smallest absolute Gasteiger partial charge is 0.337 e. The Labute approximate surface area is 173 Å². The first-order valence-corrected chi connectivity index (χ1v) is 9.43. The van der Waals surface area contributed by atoms with Gasteiger partial charge in [-0.3, -0.25) is 4.79 Å². The lowest BCUT2D eigenvalue weighted by Crippen LogP contribution is -2.35. The van der Waals surface area contributed by atoms with E-state index in [9.17, 15) is 14.0 Å². The third kappa shape index (κ3) is 3.89. The van der Waals surface area contributed by atoms with Gasteiger partial charge in [0, 0.05) is 11.1 Å². The van der Waals surface area contributed by atoms with E-state index < -0.39 is 23.8 Å². The first-order valence-electron chi connectivity index (χ1n) is 9.43. The molecule has 6 heteroatoms. The summed E-state index contributed by atoms with van der Waals surface area (Å²) < 4.78 is 30.3. The molecule has 0 radical (unpaired) electrons. The Morgan fingerprint density at radius 2 is 1.73 bits per heavy atom. The van der Waals surface area contributed by atoms with Crippen molar-refractivity contribution in [1.82, 2.24) is 0 Å². The molecule has 5 nitrogen and oxygen atoms in total. The van der Waals surface area contributed by atoms with Crippen LogP contribution in [0, 0.1) is 11.7 Å². The van der Waals surface area contributed by atoms with Crippen molar-refractivity contribution in [3.63, 3.8) is 0 Å². The Kier molecular flexibility index (Phi) is 5.48. The van der Waals surface area contributed by atoms with Crippen molar-refractivity contribution < 1.29 is 28.2 Å². The van der Waals surface area contributed by atoms with Gasteiger partial charge in [-0.1, -0.05) is 30.3 Å². The average Bonchev–Trinajstić information content (AvgIpc) is 2.79. The summed E-state index contributed by atoms with van der Waals surface area (Å²) >= 11 is 0. The van der Waals surface area contributed by atoms with Gasteiger partial charge in [0.05, 0.1) is 18.6 Å². The number of fused-ring (bicyclic) bond motifs is 1. The van der Waals surface area contributed by atoms with Crippen LogP contribution in [0.4, 0.5) is 4.39 Å². The molecule has 0 fully saturated rings. The summed E-state index contributed by atoms with van der Waals surface area (Å²) in [5, 5.41) is 0. The van der Waals surface area contributed by atoms with Gasteiger partial charge >= 0.3 is 5.97 Å². The van der Waals surface area contributed by atoms with Crippen LogP contribution in [0.2, 0.25) is 0 Å². The number of para-hydroxylation sites is 1. The molecule has 0 saturated carbocycles. The predicted octanol–water partition coefficient (Wildman–Crippen LogP) is 4.62. The number of hydrogen-bond donors (Lipinski definition) is 0. The molecule has 1 heterocycles. The molecule has 0 bridgehead atoms. The first-order chi connectivity index (χ1) is 14.6. The van der Waals surface area contributed by atoms with Gasteiger partial charge in [-0.25, -0.2) is 9.18 Å². The van der Waals surface area contributed by atoms with E-state index in [0.717, 1.165) is 5.56 Å². The van der Waals surface area contributed by atoms with Crippen molar-refractivity contribution in [2.75, 3.05) is 13.7 Å². The highest BCUT2D eigenvalue weighted by molar-refractivity contribution is 5.98. The minimum atomic E-state index is -0.665. The van der Waals surface area contributed by atoms with Gasteiger partial charge in [0.15, 0.2) is 5.78 Å². The molecule has 1 aliphatic rings. The van der Waals surface area contributed by atoms with Crippen molar-refractivity contribution in [2.45, 2.75) is 6.10 Å². The van der Waals surface area contributed by atoms with Crippen LogP contribution < -0.4 is 9.47 Å². The number of esters is 1. The van der Waals surface area contributed by atoms with Crippen LogP contribution in [-0.2, 0) is 4.74 Å². The molecule has 3 aromatic carbocycles. The van der Waals surface area contributed by atoms with Crippen LogP contribution in [0.25, 0.3) is 0 Å². The molecular weight excluding hydrogens is 387 g/mol. The topological polar surface area (TPSA) is 61.8 Å². The Balaban J connectivity index is 1.67. The minimum absolute atomic E-state index is 0.108. The summed E-state index contributed by atoms with van der Waals surface area (Å²) in [6, 6.07) is 19.4. The monoisotopic (exact) mass is 406 g/mol. The van der Waals surface area contributed by atoms with Gasteiger partial charge in [0.2, 0.25) is 0 Å². The number of Topliss-reactive ketones (excluding diaryl/α,β-unsaturated/α-hetero) is 1. The number of methoxy groups -OCH3 is 1. The van der Waals surface area contributed by atoms with Crippen molar-refractivity contribution in [1.29, 1.82) is 0 Å². The highest BCUT2D eigenvalue weighted by atomic mass is 19.1. The summed E-state index contributed by atoms with van der Waals surface area (Å²) in [6.07, 6.45) is -0.630. The summed E-state index contributed by atoms with van der Waals surface area (Å²) in [5.41, 5.74) is 1.39. The SMILES string of the molecule is COC(=O)c1ccc(OC2c3ccccc3OCC2C(=O)c2cccc(F)c2)cc1. The summed E-state index contributed by atoms with van der Waals surface area (Å²) in [5.74, 6) is -0.730. The molecule has 4 rings (SSSR count). The highest BCUT2D eigenvalue weighted by Crippen LogP contribution is 2.40. The van der Waals surface area contributed by atoms with E-state index in [2.05, 4.69) is 0 Å². The second-order valence-electron chi connectivity index (χ2n) is 6.88. The zero-order valence-electron chi connectivity index (χ0n) is 16.2. The lowest BCUT2D eigenvalue weighted by Gasteiger charge is -2.33. The predicted molar refractivity (Wildman–Crippen MR) is 107 cm³/mol. The van der Waals surface area contributed by atoms with E-state index in [1.807, 2.05) is 24.3 Å². The average molecular weight is 406 g/mol. The van der Waals surface area contributed by atoms with E-state index in [4.69, 9.17) is 14.2 Å². The fourth-order valence-electron chi connectivity index (χ4n) is 3.48. The Hall–Kier alpha value is -3.67. The molecule has 2 unspecified atom stereocenters. The molecule has 0 amide bonds. The summed E-state index contributed by atoms with van der Waals surface area (Å²) in [4.78, 5) is 24.8. The van der Waals surface area contributed by atoms with Crippen molar-refractivity contribution >= 4 is 11.8 Å². The lowest BCUT2D eigenvalue weighted by atomic mass is 9.87. The van der Waals surface area contributed by atoms with E-state index in [1.54, 1.807) is 30.3 Å². The molecule has 0 saturated heterocycles. The number of carbonyl (C=O) groups excluding carboxylic acids is 2. The second-order valence-corrected chi connectivity index (χ2v) is 6.88.